The van der Waals surface area contributed by atoms with Crippen LogP contribution in [0.3, 0.4) is 0 Å². The van der Waals surface area contributed by atoms with Crippen LogP contribution < -0.4 is 0 Å². The van der Waals surface area contributed by atoms with Crippen LogP contribution in [0.1, 0.15) is 0 Å². The van der Waals surface area contributed by atoms with Gasteiger partial charge in [-0.25, -0.2) is 16.8 Å². The molecule has 8 heteroatoms. The molecule has 0 aliphatic rings. The van der Waals surface area contributed by atoms with Crippen molar-refractivity contribution in [1.29, 1.82) is 0 Å². The Balaban J connectivity index is 3.64. The van der Waals surface area contributed by atoms with E-state index >= 15 is 0 Å². The Morgan fingerprint density at radius 2 is 1.07 bits per heavy atom. The van der Waals surface area contributed by atoms with Crippen molar-refractivity contribution >= 4 is 46.2 Å². The Bertz CT molecular complexity index is 496. The molecule has 0 saturated heterocycles. The van der Waals surface area contributed by atoms with Crippen LogP contribution in [0, 0.1) is 0 Å². The molecule has 1 aromatic carbocycles. The lowest BCUT2D eigenvalue weighted by atomic mass is 10.4. The van der Waals surface area contributed by atoms with Crippen LogP contribution in [-0.4, -0.2) is 16.8 Å². The quantitative estimate of drug-likeness (QED) is 0.752. The fraction of sp³-hybridized carbons (Fsp3) is 0. The lowest BCUT2D eigenvalue weighted by molar-refractivity contribution is 0.599. The largest absolute Gasteiger partial charge is 0.238 e. The molecular formula is C6H4Br2O4S2. The van der Waals surface area contributed by atoms with Gasteiger partial charge in [0.15, 0.2) is 0 Å². The van der Waals surface area contributed by atoms with Crippen molar-refractivity contribution in [1.82, 2.24) is 0 Å². The molecule has 0 bridgehead atoms. The van der Waals surface area contributed by atoms with E-state index in [9.17, 15) is 16.8 Å². The van der Waals surface area contributed by atoms with Gasteiger partial charge in [0.2, 0.25) is 16.5 Å². The minimum Gasteiger partial charge on any atom is -0.212 e. The Labute approximate surface area is 96.6 Å². The number of rotatable bonds is 2. The first-order valence-electron chi connectivity index (χ1n) is 3.21. The van der Waals surface area contributed by atoms with Crippen molar-refractivity contribution in [3.63, 3.8) is 0 Å². The maximum absolute atomic E-state index is 11.1. The smallest absolute Gasteiger partial charge is 0.212 e. The fourth-order valence-corrected chi connectivity index (χ4v) is 4.95. The van der Waals surface area contributed by atoms with Crippen LogP contribution in [0.2, 0.25) is 0 Å². The number of halogens is 2. The zero-order valence-electron chi connectivity index (χ0n) is 6.51. The van der Waals surface area contributed by atoms with Gasteiger partial charge < -0.3 is 0 Å². The van der Waals surface area contributed by atoms with Crippen molar-refractivity contribution in [3.05, 3.63) is 24.3 Å². The summed E-state index contributed by atoms with van der Waals surface area (Å²) in [6.45, 7) is 0. The molecule has 0 aliphatic carbocycles. The van der Waals surface area contributed by atoms with Crippen LogP contribution in [0.25, 0.3) is 0 Å². The summed E-state index contributed by atoms with van der Waals surface area (Å²) < 4.78 is 44.5. The zero-order chi connectivity index (χ0) is 11.0. The van der Waals surface area contributed by atoms with Gasteiger partial charge in [0, 0.05) is 0 Å². The van der Waals surface area contributed by atoms with Gasteiger partial charge in [-0.15, -0.1) is 0 Å². The SMILES string of the molecule is O=S(=O)(Br)c1ccccc1S(=O)(=O)Br. The summed E-state index contributed by atoms with van der Waals surface area (Å²) in [6, 6.07) is 5.29. The average molecular weight is 364 g/mol. The molecule has 0 aliphatic heterocycles. The van der Waals surface area contributed by atoms with Crippen molar-refractivity contribution in [3.8, 4) is 0 Å². The molecule has 0 N–H and O–H groups in total. The van der Waals surface area contributed by atoms with E-state index in [1.54, 1.807) is 0 Å². The summed E-state index contributed by atoms with van der Waals surface area (Å²) in [6.07, 6.45) is 0. The number of benzene rings is 1. The molecule has 0 fully saturated rings. The summed E-state index contributed by atoms with van der Waals surface area (Å²) in [5.74, 6) is 0. The Kier molecular flexibility index (Phi) is 3.40. The number of hydrogen-bond acceptors (Lipinski definition) is 4. The van der Waals surface area contributed by atoms with E-state index in [2.05, 4.69) is 29.6 Å². The predicted octanol–water partition coefficient (Wildman–Crippen LogP) is 1.85. The highest BCUT2D eigenvalue weighted by atomic mass is 79.9. The normalized spacial score (nSPS) is 12.7. The number of hydrogen-bond donors (Lipinski definition) is 0. The van der Waals surface area contributed by atoms with E-state index in [0.29, 0.717) is 0 Å². The van der Waals surface area contributed by atoms with Crippen LogP contribution in [-0.2, 0) is 16.5 Å². The van der Waals surface area contributed by atoms with E-state index in [1.807, 2.05) is 0 Å². The van der Waals surface area contributed by atoms with Gasteiger partial charge in [-0.2, -0.15) is 0 Å². The van der Waals surface area contributed by atoms with Crippen molar-refractivity contribution in [2.45, 2.75) is 9.79 Å². The maximum Gasteiger partial charge on any atom is 0.238 e. The zero-order valence-corrected chi connectivity index (χ0v) is 11.3. The predicted molar refractivity (Wildman–Crippen MR) is 58.7 cm³/mol. The van der Waals surface area contributed by atoms with Gasteiger partial charge in [-0.3, -0.25) is 0 Å². The lowest BCUT2D eigenvalue weighted by Gasteiger charge is -2.02. The molecule has 0 spiro atoms. The highest BCUT2D eigenvalue weighted by Crippen LogP contribution is 2.28. The standard InChI is InChI=1S/C6H4Br2O4S2/c7-13(9,10)5-3-1-2-4-6(5)14(8,11)12/h1-4H. The molecule has 0 aromatic heterocycles. The monoisotopic (exact) mass is 362 g/mol. The van der Waals surface area contributed by atoms with E-state index in [-0.39, 0.29) is 9.79 Å². The van der Waals surface area contributed by atoms with Gasteiger partial charge in [0.05, 0.1) is 39.4 Å². The highest BCUT2D eigenvalue weighted by Gasteiger charge is 2.21. The van der Waals surface area contributed by atoms with Crippen molar-refractivity contribution < 1.29 is 16.8 Å². The van der Waals surface area contributed by atoms with E-state index in [0.717, 1.165) is 0 Å². The average Bonchev–Trinajstić information content (AvgIpc) is 2.01. The molecule has 1 aromatic rings. The topological polar surface area (TPSA) is 68.3 Å². The van der Waals surface area contributed by atoms with Crippen molar-refractivity contribution in [2.24, 2.45) is 0 Å². The first kappa shape index (κ1) is 12.2. The fourth-order valence-electron chi connectivity index (χ4n) is 0.853. The molecule has 1 rings (SSSR count). The van der Waals surface area contributed by atoms with Crippen LogP contribution in [0.15, 0.2) is 34.1 Å². The summed E-state index contributed by atoms with van der Waals surface area (Å²) in [7, 11) is -7.43. The maximum atomic E-state index is 11.1. The molecule has 0 radical (unpaired) electrons. The van der Waals surface area contributed by atoms with Gasteiger partial charge >= 0.3 is 0 Å². The molecule has 14 heavy (non-hydrogen) atoms. The summed E-state index contributed by atoms with van der Waals surface area (Å²) >= 11 is 4.83. The highest BCUT2D eigenvalue weighted by molar-refractivity contribution is 9.48. The third kappa shape index (κ3) is 2.78. The second kappa shape index (κ2) is 3.92. The molecule has 78 valence electrons. The van der Waals surface area contributed by atoms with Gasteiger partial charge in [0.1, 0.15) is 0 Å². The first-order valence-corrected chi connectivity index (χ1v) is 9.86. The summed E-state index contributed by atoms with van der Waals surface area (Å²) in [5, 5.41) is 0. The third-order valence-corrected chi connectivity index (χ3v) is 5.36. The van der Waals surface area contributed by atoms with Crippen molar-refractivity contribution in [2.75, 3.05) is 0 Å². The Hall–Kier alpha value is 0.0800. The van der Waals surface area contributed by atoms with Crippen LogP contribution in [0.4, 0.5) is 0 Å². The molecule has 4 nitrogen and oxygen atoms in total. The summed E-state index contributed by atoms with van der Waals surface area (Å²) in [4.78, 5) is -0.561. The molecular weight excluding hydrogens is 360 g/mol. The molecule has 0 unspecified atom stereocenters. The Morgan fingerprint density at radius 3 is 1.29 bits per heavy atom. The molecule has 0 amide bonds. The van der Waals surface area contributed by atoms with Crippen LogP contribution in [0.5, 0.6) is 0 Å². The van der Waals surface area contributed by atoms with Gasteiger partial charge in [-0.1, -0.05) is 12.1 Å². The lowest BCUT2D eigenvalue weighted by Crippen LogP contribution is -1.99. The minimum atomic E-state index is -3.71. The van der Waals surface area contributed by atoms with Gasteiger partial charge in [0.25, 0.3) is 0 Å². The third-order valence-electron chi connectivity index (χ3n) is 1.37. The molecule has 0 heterocycles. The van der Waals surface area contributed by atoms with E-state index in [4.69, 9.17) is 0 Å². The minimum absolute atomic E-state index is 0.281. The summed E-state index contributed by atoms with van der Waals surface area (Å²) in [5.41, 5.74) is 0. The molecule has 0 atom stereocenters. The first-order chi connectivity index (χ1) is 6.23. The Morgan fingerprint density at radius 1 is 0.786 bits per heavy atom. The van der Waals surface area contributed by atoms with Gasteiger partial charge in [-0.05, 0) is 12.1 Å². The van der Waals surface area contributed by atoms with E-state index in [1.165, 1.54) is 24.3 Å². The molecule has 0 saturated carbocycles. The second-order valence-electron chi connectivity index (χ2n) is 2.32. The van der Waals surface area contributed by atoms with Crippen LogP contribution >= 0.6 is 29.6 Å². The second-order valence-corrected chi connectivity index (χ2v) is 10.1. The van der Waals surface area contributed by atoms with E-state index < -0.39 is 16.5 Å².